The van der Waals surface area contributed by atoms with E-state index in [4.69, 9.17) is 5.73 Å². The molecule has 1 aliphatic rings. The summed E-state index contributed by atoms with van der Waals surface area (Å²) in [6.45, 7) is 2.12. The second-order valence-electron chi connectivity index (χ2n) is 6.03. The number of rotatable bonds is 4. The summed E-state index contributed by atoms with van der Waals surface area (Å²) in [5.74, 6) is -0.000712. The maximum Gasteiger partial charge on any atom is 0.228 e. The molecule has 1 aliphatic heterocycles. The summed E-state index contributed by atoms with van der Waals surface area (Å²) in [7, 11) is 0. The minimum atomic E-state index is -0.000712. The zero-order chi connectivity index (χ0) is 16.1. The summed E-state index contributed by atoms with van der Waals surface area (Å²) < 4.78 is 0. The lowest BCUT2D eigenvalue weighted by Crippen LogP contribution is -2.30. The Hall–Kier alpha value is -2.49. The van der Waals surface area contributed by atoms with Gasteiger partial charge in [-0.2, -0.15) is 0 Å². The molecule has 0 spiro atoms. The van der Waals surface area contributed by atoms with Crippen molar-refractivity contribution in [3.05, 3.63) is 54.1 Å². The van der Waals surface area contributed by atoms with Crippen LogP contribution in [0.1, 0.15) is 24.8 Å². The number of para-hydroxylation sites is 2. The van der Waals surface area contributed by atoms with Crippen molar-refractivity contribution in [2.75, 3.05) is 29.0 Å². The average Bonchev–Trinajstić information content (AvgIpc) is 2.58. The fourth-order valence-corrected chi connectivity index (χ4v) is 3.01. The van der Waals surface area contributed by atoms with E-state index in [9.17, 15) is 4.79 Å². The number of amides is 1. The molecule has 0 bridgehead atoms. The van der Waals surface area contributed by atoms with Gasteiger partial charge < -0.3 is 16.0 Å². The Balaban J connectivity index is 1.69. The number of nitrogens with one attached hydrogen (secondary N) is 1. The number of carbonyl (C=O) groups excluding carboxylic acids is 1. The molecule has 23 heavy (non-hydrogen) atoms. The molecule has 3 rings (SSSR count). The first-order chi connectivity index (χ1) is 11.2. The number of benzene rings is 2. The molecule has 1 heterocycles. The summed E-state index contributed by atoms with van der Waals surface area (Å²) >= 11 is 0. The van der Waals surface area contributed by atoms with Crippen molar-refractivity contribution in [1.82, 2.24) is 0 Å². The van der Waals surface area contributed by atoms with Gasteiger partial charge in [0, 0.05) is 18.8 Å². The van der Waals surface area contributed by atoms with Crippen molar-refractivity contribution in [2.45, 2.75) is 25.7 Å². The Morgan fingerprint density at radius 1 is 1.00 bits per heavy atom. The van der Waals surface area contributed by atoms with E-state index in [-0.39, 0.29) is 5.91 Å². The summed E-state index contributed by atoms with van der Waals surface area (Å²) in [5.41, 5.74) is 9.38. The van der Waals surface area contributed by atoms with Crippen LogP contribution >= 0.6 is 0 Å². The van der Waals surface area contributed by atoms with Crippen molar-refractivity contribution in [3.8, 4) is 0 Å². The standard InChI is InChI=1S/C19H23N3O/c20-16-10-8-15(9-11-16)14-19(23)21-17-6-2-3-7-18(17)22-12-4-1-5-13-22/h2-3,6-11H,1,4-5,12-14,20H2,(H,21,23). The highest BCUT2D eigenvalue weighted by atomic mass is 16.1. The number of nitrogen functional groups attached to an aromatic ring is 1. The lowest BCUT2D eigenvalue weighted by atomic mass is 10.1. The molecule has 4 nitrogen and oxygen atoms in total. The van der Waals surface area contributed by atoms with E-state index in [1.54, 1.807) is 0 Å². The summed E-state index contributed by atoms with van der Waals surface area (Å²) in [4.78, 5) is 14.7. The van der Waals surface area contributed by atoms with Crippen LogP contribution in [0.25, 0.3) is 0 Å². The topological polar surface area (TPSA) is 58.4 Å². The summed E-state index contributed by atoms with van der Waals surface area (Å²) in [5, 5.41) is 3.06. The molecule has 0 aromatic heterocycles. The average molecular weight is 309 g/mol. The van der Waals surface area contributed by atoms with Gasteiger partial charge in [-0.25, -0.2) is 0 Å². The first kappa shape index (κ1) is 15.4. The minimum absolute atomic E-state index is 0.000712. The largest absolute Gasteiger partial charge is 0.399 e. The summed E-state index contributed by atoms with van der Waals surface area (Å²) in [6.07, 6.45) is 4.08. The highest BCUT2D eigenvalue weighted by Crippen LogP contribution is 2.28. The molecule has 4 heteroatoms. The molecule has 120 valence electrons. The lowest BCUT2D eigenvalue weighted by molar-refractivity contribution is -0.115. The number of nitrogens with two attached hydrogens (primary N) is 1. The zero-order valence-corrected chi connectivity index (χ0v) is 13.3. The quantitative estimate of drug-likeness (QED) is 0.851. The van der Waals surface area contributed by atoms with Crippen LogP contribution in [0.5, 0.6) is 0 Å². The highest BCUT2D eigenvalue weighted by molar-refractivity contribution is 5.95. The highest BCUT2D eigenvalue weighted by Gasteiger charge is 2.15. The molecule has 0 aliphatic carbocycles. The molecule has 0 atom stereocenters. The zero-order valence-electron chi connectivity index (χ0n) is 13.3. The van der Waals surface area contributed by atoms with Crippen LogP contribution in [0, 0.1) is 0 Å². The van der Waals surface area contributed by atoms with Crippen LogP contribution in [-0.2, 0) is 11.2 Å². The smallest absolute Gasteiger partial charge is 0.228 e. The molecule has 1 amide bonds. The Bertz CT molecular complexity index is 661. The Labute approximate surface area is 137 Å². The van der Waals surface area contributed by atoms with Gasteiger partial charge in [0.25, 0.3) is 0 Å². The maximum atomic E-state index is 12.3. The number of nitrogens with zero attached hydrogens (tertiary/aromatic N) is 1. The van der Waals surface area contributed by atoms with Crippen LogP contribution in [0.4, 0.5) is 17.1 Å². The van der Waals surface area contributed by atoms with Crippen molar-refractivity contribution in [3.63, 3.8) is 0 Å². The van der Waals surface area contributed by atoms with E-state index >= 15 is 0 Å². The van der Waals surface area contributed by atoms with Crippen LogP contribution in [0.2, 0.25) is 0 Å². The fourth-order valence-electron chi connectivity index (χ4n) is 3.01. The second kappa shape index (κ2) is 7.18. The van der Waals surface area contributed by atoms with Crippen molar-refractivity contribution in [2.24, 2.45) is 0 Å². The van der Waals surface area contributed by atoms with Crippen LogP contribution in [0.3, 0.4) is 0 Å². The fraction of sp³-hybridized carbons (Fsp3) is 0.316. The monoisotopic (exact) mass is 309 g/mol. The van der Waals surface area contributed by atoms with Crippen LogP contribution < -0.4 is 16.0 Å². The predicted octanol–water partition coefficient (Wildman–Crippen LogP) is 3.44. The number of hydrogen-bond acceptors (Lipinski definition) is 3. The van der Waals surface area contributed by atoms with Gasteiger partial charge in [0.2, 0.25) is 5.91 Å². The van der Waals surface area contributed by atoms with E-state index in [2.05, 4.69) is 16.3 Å². The Morgan fingerprint density at radius 2 is 1.70 bits per heavy atom. The normalized spacial score (nSPS) is 14.5. The molecular formula is C19H23N3O. The van der Waals surface area contributed by atoms with Gasteiger partial charge in [0.1, 0.15) is 0 Å². The minimum Gasteiger partial charge on any atom is -0.399 e. The maximum absolute atomic E-state index is 12.3. The third kappa shape index (κ3) is 4.03. The Kier molecular flexibility index (Phi) is 4.81. The first-order valence-corrected chi connectivity index (χ1v) is 8.20. The third-order valence-electron chi connectivity index (χ3n) is 4.22. The molecule has 1 fully saturated rings. The van der Waals surface area contributed by atoms with E-state index in [1.807, 2.05) is 42.5 Å². The predicted molar refractivity (Wildman–Crippen MR) is 95.7 cm³/mol. The number of piperidine rings is 1. The van der Waals surface area contributed by atoms with Gasteiger partial charge in [0.15, 0.2) is 0 Å². The van der Waals surface area contributed by atoms with Gasteiger partial charge >= 0.3 is 0 Å². The second-order valence-corrected chi connectivity index (χ2v) is 6.03. The van der Waals surface area contributed by atoms with E-state index in [0.717, 1.165) is 30.0 Å². The van der Waals surface area contributed by atoms with Crippen LogP contribution in [0.15, 0.2) is 48.5 Å². The molecular weight excluding hydrogens is 286 g/mol. The Morgan fingerprint density at radius 3 is 2.43 bits per heavy atom. The van der Waals surface area contributed by atoms with Gasteiger partial charge in [-0.3, -0.25) is 4.79 Å². The molecule has 2 aromatic rings. The summed E-state index contributed by atoms with van der Waals surface area (Å²) in [6, 6.07) is 15.5. The third-order valence-corrected chi connectivity index (χ3v) is 4.22. The SMILES string of the molecule is Nc1ccc(CC(=O)Nc2ccccc2N2CCCCC2)cc1. The molecule has 0 radical (unpaired) electrons. The van der Waals surface area contributed by atoms with Gasteiger partial charge in [-0.1, -0.05) is 24.3 Å². The van der Waals surface area contributed by atoms with Crippen LogP contribution in [-0.4, -0.2) is 19.0 Å². The molecule has 0 unspecified atom stereocenters. The van der Waals surface area contributed by atoms with Crippen molar-refractivity contribution >= 4 is 23.0 Å². The molecule has 0 saturated carbocycles. The van der Waals surface area contributed by atoms with Gasteiger partial charge in [-0.15, -0.1) is 0 Å². The molecule has 3 N–H and O–H groups in total. The first-order valence-electron chi connectivity index (χ1n) is 8.20. The number of carbonyl (C=O) groups is 1. The van der Waals surface area contributed by atoms with Gasteiger partial charge in [-0.05, 0) is 49.1 Å². The van der Waals surface area contributed by atoms with Crippen molar-refractivity contribution < 1.29 is 4.79 Å². The van der Waals surface area contributed by atoms with E-state index in [1.165, 1.54) is 19.3 Å². The lowest BCUT2D eigenvalue weighted by Gasteiger charge is -2.30. The van der Waals surface area contributed by atoms with E-state index < -0.39 is 0 Å². The number of anilines is 3. The molecule has 1 saturated heterocycles. The number of hydrogen-bond donors (Lipinski definition) is 2. The van der Waals surface area contributed by atoms with Crippen molar-refractivity contribution in [1.29, 1.82) is 0 Å². The molecule has 2 aromatic carbocycles. The van der Waals surface area contributed by atoms with Gasteiger partial charge in [0.05, 0.1) is 17.8 Å². The van der Waals surface area contributed by atoms with E-state index in [0.29, 0.717) is 12.1 Å².